The summed E-state index contributed by atoms with van der Waals surface area (Å²) in [7, 11) is 0. The largest absolute Gasteiger partial charge is 0.377 e. The Kier molecular flexibility index (Phi) is 4.65. The highest BCUT2D eigenvalue weighted by Gasteiger charge is 2.40. The minimum Gasteiger partial charge on any atom is -0.377 e. The Morgan fingerprint density at radius 2 is 1.93 bits per heavy atom. The van der Waals surface area contributed by atoms with Crippen molar-refractivity contribution < 1.29 is 9.72 Å². The number of benzene rings is 2. The SMILES string of the molecule is CC(C)(C)NC(=O)c1ccc2c(c1)C1C=CCC1C(c1ccccc1[N+](=O)[O-])N2. The van der Waals surface area contributed by atoms with Crippen molar-refractivity contribution in [1.29, 1.82) is 0 Å². The van der Waals surface area contributed by atoms with E-state index in [4.69, 9.17) is 0 Å². The number of rotatable bonds is 3. The number of nitrogens with zero attached hydrogens (tertiary/aromatic N) is 1. The van der Waals surface area contributed by atoms with Crippen LogP contribution in [0.2, 0.25) is 0 Å². The van der Waals surface area contributed by atoms with Gasteiger partial charge in [-0.3, -0.25) is 14.9 Å². The second-order valence-corrected chi connectivity index (χ2v) is 8.80. The predicted molar refractivity (Wildman–Crippen MR) is 113 cm³/mol. The van der Waals surface area contributed by atoms with Crippen LogP contribution in [0, 0.1) is 16.0 Å². The van der Waals surface area contributed by atoms with Gasteiger partial charge in [-0.2, -0.15) is 0 Å². The van der Waals surface area contributed by atoms with E-state index in [1.54, 1.807) is 12.1 Å². The molecule has 1 aliphatic carbocycles. The van der Waals surface area contributed by atoms with Crippen LogP contribution in [0.1, 0.15) is 60.6 Å². The Hall–Kier alpha value is -3.15. The lowest BCUT2D eigenvalue weighted by Gasteiger charge is -2.37. The zero-order chi connectivity index (χ0) is 20.8. The molecule has 29 heavy (non-hydrogen) atoms. The average Bonchev–Trinajstić information content (AvgIpc) is 3.15. The van der Waals surface area contributed by atoms with E-state index in [2.05, 4.69) is 22.8 Å². The topological polar surface area (TPSA) is 84.3 Å². The molecule has 4 rings (SSSR count). The third-order valence-electron chi connectivity index (χ3n) is 5.58. The highest BCUT2D eigenvalue weighted by molar-refractivity contribution is 5.95. The summed E-state index contributed by atoms with van der Waals surface area (Å²) in [6, 6.07) is 12.5. The molecular weight excluding hydrogens is 366 g/mol. The van der Waals surface area contributed by atoms with E-state index < -0.39 is 0 Å². The van der Waals surface area contributed by atoms with Gasteiger partial charge in [-0.15, -0.1) is 0 Å². The Balaban J connectivity index is 1.72. The monoisotopic (exact) mass is 391 g/mol. The highest BCUT2D eigenvalue weighted by atomic mass is 16.6. The molecule has 6 heteroatoms. The zero-order valence-electron chi connectivity index (χ0n) is 16.8. The van der Waals surface area contributed by atoms with Crippen LogP contribution in [-0.4, -0.2) is 16.4 Å². The third-order valence-corrected chi connectivity index (χ3v) is 5.58. The maximum absolute atomic E-state index is 12.6. The minimum absolute atomic E-state index is 0.0975. The van der Waals surface area contributed by atoms with Gasteiger partial charge < -0.3 is 10.6 Å². The first kappa shape index (κ1) is 19.2. The van der Waals surface area contributed by atoms with Crippen LogP contribution >= 0.6 is 0 Å². The second-order valence-electron chi connectivity index (χ2n) is 8.80. The van der Waals surface area contributed by atoms with Crippen molar-refractivity contribution in [2.24, 2.45) is 5.92 Å². The number of fused-ring (bicyclic) bond motifs is 3. The van der Waals surface area contributed by atoms with E-state index in [0.717, 1.165) is 17.7 Å². The fourth-order valence-electron chi connectivity index (χ4n) is 4.37. The summed E-state index contributed by atoms with van der Waals surface area (Å²) in [5.41, 5.74) is 3.16. The van der Waals surface area contributed by atoms with Crippen LogP contribution < -0.4 is 10.6 Å². The highest BCUT2D eigenvalue weighted by Crippen LogP contribution is 2.51. The molecule has 0 saturated heterocycles. The molecule has 150 valence electrons. The number of nitrogens with one attached hydrogen (secondary N) is 2. The van der Waals surface area contributed by atoms with Crippen LogP contribution in [0.15, 0.2) is 54.6 Å². The first-order valence-corrected chi connectivity index (χ1v) is 9.87. The van der Waals surface area contributed by atoms with Gasteiger partial charge in [-0.05, 0) is 56.9 Å². The number of nitro benzene ring substituents is 1. The van der Waals surface area contributed by atoms with Gasteiger partial charge in [-0.1, -0.05) is 30.4 Å². The summed E-state index contributed by atoms with van der Waals surface area (Å²) in [5, 5.41) is 18.1. The van der Waals surface area contributed by atoms with E-state index in [-0.39, 0.29) is 39.9 Å². The van der Waals surface area contributed by atoms with Gasteiger partial charge in [0.05, 0.1) is 16.5 Å². The van der Waals surface area contributed by atoms with Gasteiger partial charge in [0.1, 0.15) is 0 Å². The van der Waals surface area contributed by atoms with Crippen molar-refractivity contribution in [2.75, 3.05) is 5.32 Å². The molecule has 6 nitrogen and oxygen atoms in total. The number of para-hydroxylation sites is 1. The van der Waals surface area contributed by atoms with E-state index >= 15 is 0 Å². The number of amides is 1. The van der Waals surface area contributed by atoms with Crippen molar-refractivity contribution in [1.82, 2.24) is 5.32 Å². The molecule has 3 unspecified atom stereocenters. The Morgan fingerprint density at radius 3 is 2.66 bits per heavy atom. The van der Waals surface area contributed by atoms with Gasteiger partial charge >= 0.3 is 0 Å². The molecule has 0 bridgehead atoms. The van der Waals surface area contributed by atoms with Crippen LogP contribution in [-0.2, 0) is 0 Å². The summed E-state index contributed by atoms with van der Waals surface area (Å²) in [5.74, 6) is 0.197. The molecule has 3 atom stereocenters. The van der Waals surface area contributed by atoms with Crippen LogP contribution in [0.3, 0.4) is 0 Å². The molecule has 2 aromatic carbocycles. The van der Waals surface area contributed by atoms with E-state index in [1.807, 2.05) is 51.1 Å². The maximum Gasteiger partial charge on any atom is 0.274 e. The van der Waals surface area contributed by atoms with Crippen molar-refractivity contribution in [3.8, 4) is 0 Å². The van der Waals surface area contributed by atoms with E-state index in [9.17, 15) is 14.9 Å². The van der Waals surface area contributed by atoms with Crippen LogP contribution in [0.5, 0.6) is 0 Å². The Morgan fingerprint density at radius 1 is 1.17 bits per heavy atom. The van der Waals surface area contributed by atoms with Crippen molar-refractivity contribution in [2.45, 2.75) is 44.7 Å². The molecule has 0 fully saturated rings. The van der Waals surface area contributed by atoms with Crippen LogP contribution in [0.25, 0.3) is 0 Å². The number of carbonyl (C=O) groups excluding carboxylic acids is 1. The fraction of sp³-hybridized carbons (Fsp3) is 0.348. The van der Waals surface area contributed by atoms with Crippen molar-refractivity contribution in [3.05, 3.63) is 81.4 Å². The van der Waals surface area contributed by atoms with Gasteiger partial charge in [0.2, 0.25) is 0 Å². The minimum atomic E-state index is -0.316. The van der Waals surface area contributed by atoms with Crippen molar-refractivity contribution >= 4 is 17.3 Å². The molecule has 1 heterocycles. The lowest BCUT2D eigenvalue weighted by atomic mass is 9.76. The zero-order valence-corrected chi connectivity index (χ0v) is 16.8. The van der Waals surface area contributed by atoms with Crippen LogP contribution in [0.4, 0.5) is 11.4 Å². The first-order valence-electron chi connectivity index (χ1n) is 9.87. The normalized spacial score (nSPS) is 22.4. The van der Waals surface area contributed by atoms with Gasteiger partial charge in [0.15, 0.2) is 0 Å². The van der Waals surface area contributed by atoms with E-state index in [1.165, 1.54) is 0 Å². The second kappa shape index (κ2) is 7.03. The molecular formula is C23H25N3O3. The molecule has 2 N–H and O–H groups in total. The fourth-order valence-corrected chi connectivity index (χ4v) is 4.37. The molecule has 0 spiro atoms. The number of anilines is 1. The average molecular weight is 391 g/mol. The van der Waals surface area contributed by atoms with E-state index in [0.29, 0.717) is 11.1 Å². The quantitative estimate of drug-likeness (QED) is 0.440. The number of allylic oxidation sites excluding steroid dienone is 2. The maximum atomic E-state index is 12.6. The first-order chi connectivity index (χ1) is 13.7. The standard InChI is InChI=1S/C23H25N3O3/c1-23(2,3)25-22(27)14-11-12-19-18(13-14)15-8-6-9-16(15)21(24-19)17-7-4-5-10-20(17)26(28)29/h4-8,10-13,15-16,21,24H,9H2,1-3H3,(H,25,27). The summed E-state index contributed by atoms with van der Waals surface area (Å²) >= 11 is 0. The molecule has 1 amide bonds. The smallest absolute Gasteiger partial charge is 0.274 e. The Bertz CT molecular complexity index is 1010. The molecule has 2 aliphatic rings. The number of carbonyl (C=O) groups is 1. The van der Waals surface area contributed by atoms with Gasteiger partial charge in [-0.25, -0.2) is 0 Å². The summed E-state index contributed by atoms with van der Waals surface area (Å²) in [6.07, 6.45) is 5.14. The third kappa shape index (κ3) is 3.62. The van der Waals surface area contributed by atoms with Gasteiger partial charge in [0.25, 0.3) is 11.6 Å². The Labute approximate surface area is 170 Å². The molecule has 2 aromatic rings. The molecule has 0 saturated carbocycles. The lowest BCUT2D eigenvalue weighted by Crippen LogP contribution is -2.40. The van der Waals surface area contributed by atoms with Gasteiger partial charge in [0, 0.05) is 28.8 Å². The summed E-state index contributed by atoms with van der Waals surface area (Å²) in [6.45, 7) is 5.87. The predicted octanol–water partition coefficient (Wildman–Crippen LogP) is 4.95. The number of nitro groups is 1. The number of hydrogen-bond acceptors (Lipinski definition) is 4. The molecule has 0 radical (unpaired) electrons. The summed E-state index contributed by atoms with van der Waals surface area (Å²) in [4.78, 5) is 23.9. The lowest BCUT2D eigenvalue weighted by molar-refractivity contribution is -0.385. The molecule has 0 aromatic heterocycles. The summed E-state index contributed by atoms with van der Waals surface area (Å²) < 4.78 is 0. The van der Waals surface area contributed by atoms with Crippen molar-refractivity contribution in [3.63, 3.8) is 0 Å². The molecule has 1 aliphatic heterocycles. The number of hydrogen-bond donors (Lipinski definition) is 2.